The lowest BCUT2D eigenvalue weighted by Crippen LogP contribution is -2.37. The standard InChI is InChI=1S/2C18H28N2O4S/c2*1-12(2)25(22,23)16-9-8-13(19)11-14(16)15-7-6-10-20(15)17(21)24-18(3,4)5/h2*8-9,11-12,15H,6-7,10,19H2,1-5H3/t2*15-/m10/s1. The highest BCUT2D eigenvalue weighted by molar-refractivity contribution is 7.92. The van der Waals surface area contributed by atoms with E-state index in [-0.39, 0.29) is 21.9 Å². The summed E-state index contributed by atoms with van der Waals surface area (Å²) in [6, 6.07) is 8.92. The predicted molar refractivity (Wildman–Crippen MR) is 196 cm³/mol. The molecule has 0 aromatic heterocycles. The van der Waals surface area contributed by atoms with Gasteiger partial charge in [-0.25, -0.2) is 26.4 Å². The van der Waals surface area contributed by atoms with Crippen molar-refractivity contribution in [2.24, 2.45) is 0 Å². The molecule has 2 amide bonds. The Labute approximate surface area is 298 Å². The number of rotatable bonds is 6. The van der Waals surface area contributed by atoms with E-state index < -0.39 is 53.6 Å². The minimum absolute atomic E-state index is 0.247. The summed E-state index contributed by atoms with van der Waals surface area (Å²) in [4.78, 5) is 28.8. The van der Waals surface area contributed by atoms with Gasteiger partial charge in [0.1, 0.15) is 11.2 Å². The maximum atomic E-state index is 12.8. The number of amides is 2. The van der Waals surface area contributed by atoms with E-state index in [1.807, 2.05) is 41.5 Å². The first kappa shape index (κ1) is 40.9. The Kier molecular flexibility index (Phi) is 12.6. The van der Waals surface area contributed by atoms with Crippen molar-refractivity contribution in [3.8, 4) is 0 Å². The number of hydrogen-bond acceptors (Lipinski definition) is 10. The summed E-state index contributed by atoms with van der Waals surface area (Å²) in [5, 5.41) is -1.10. The van der Waals surface area contributed by atoms with Gasteiger partial charge in [0.2, 0.25) is 0 Å². The van der Waals surface area contributed by atoms with Gasteiger partial charge >= 0.3 is 12.2 Å². The number of benzene rings is 2. The Hall–Kier alpha value is -3.52. The molecule has 0 aliphatic carbocycles. The van der Waals surface area contributed by atoms with Crippen LogP contribution in [0, 0.1) is 0 Å². The molecule has 2 atom stereocenters. The van der Waals surface area contributed by atoms with Crippen LogP contribution in [0.25, 0.3) is 0 Å². The third kappa shape index (κ3) is 9.83. The highest BCUT2D eigenvalue weighted by Gasteiger charge is 2.38. The number of nitrogens with zero attached hydrogens (tertiary/aromatic N) is 2. The number of hydrogen-bond donors (Lipinski definition) is 2. The quantitative estimate of drug-likeness (QED) is 0.292. The molecule has 12 nitrogen and oxygen atoms in total. The van der Waals surface area contributed by atoms with Gasteiger partial charge in [-0.2, -0.15) is 0 Å². The van der Waals surface area contributed by atoms with Crippen molar-refractivity contribution in [1.82, 2.24) is 9.80 Å². The number of carbonyl (C=O) groups excluding carboxylic acids is 2. The van der Waals surface area contributed by atoms with Gasteiger partial charge in [0.15, 0.2) is 19.7 Å². The third-order valence-corrected chi connectivity index (χ3v) is 12.9. The third-order valence-electron chi connectivity index (χ3n) is 8.40. The summed E-state index contributed by atoms with van der Waals surface area (Å²) in [6.07, 6.45) is 2.10. The SMILES string of the molecule is CC(C)S(=O)(=O)c1ccc(N)cc1[C@@H]1CCCN1C(=O)OC(C)(C)C.CC(C)S(=O)(=O)c1ccc(N)cc1[C@H]1CCCN1C(=O)OC(C)(C)C. The molecule has 4 rings (SSSR count). The molecule has 2 heterocycles. The highest BCUT2D eigenvalue weighted by atomic mass is 32.2. The maximum absolute atomic E-state index is 12.8. The van der Waals surface area contributed by atoms with Crippen LogP contribution < -0.4 is 11.5 Å². The molecule has 14 heteroatoms. The zero-order valence-corrected chi connectivity index (χ0v) is 32.8. The molecule has 2 aliphatic rings. The van der Waals surface area contributed by atoms with Crippen LogP contribution in [0.2, 0.25) is 0 Å². The fourth-order valence-electron chi connectivity index (χ4n) is 5.94. The second-order valence-corrected chi connectivity index (χ2v) is 20.4. The van der Waals surface area contributed by atoms with Crippen molar-refractivity contribution >= 4 is 43.2 Å². The molecule has 2 saturated heterocycles. The van der Waals surface area contributed by atoms with Crippen LogP contribution in [0.15, 0.2) is 46.2 Å². The maximum Gasteiger partial charge on any atom is 0.410 e. The Balaban J connectivity index is 0.000000270. The number of carbonyl (C=O) groups is 2. The number of nitrogens with two attached hydrogens (primary N) is 2. The van der Waals surface area contributed by atoms with Crippen LogP contribution in [0.3, 0.4) is 0 Å². The molecule has 0 saturated carbocycles. The molecule has 0 spiro atoms. The first-order valence-electron chi connectivity index (χ1n) is 17.1. The van der Waals surface area contributed by atoms with E-state index in [0.717, 1.165) is 12.8 Å². The molecule has 0 unspecified atom stereocenters. The lowest BCUT2D eigenvalue weighted by Gasteiger charge is -2.30. The number of ether oxygens (including phenoxy) is 2. The van der Waals surface area contributed by atoms with Crippen LogP contribution in [0.4, 0.5) is 21.0 Å². The van der Waals surface area contributed by atoms with E-state index in [2.05, 4.69) is 0 Å². The fourth-order valence-corrected chi connectivity index (χ4v) is 8.52. The lowest BCUT2D eigenvalue weighted by atomic mass is 10.0. The molecule has 0 bridgehead atoms. The average molecular weight is 737 g/mol. The predicted octanol–water partition coefficient (Wildman–Crippen LogP) is 7.05. The molecule has 2 aromatic carbocycles. The molecule has 0 radical (unpaired) electrons. The lowest BCUT2D eigenvalue weighted by molar-refractivity contribution is 0.0212. The second-order valence-electron chi connectivity index (χ2n) is 15.4. The number of likely N-dealkylation sites (tertiary alicyclic amines) is 2. The minimum Gasteiger partial charge on any atom is -0.444 e. The molecule has 50 heavy (non-hydrogen) atoms. The minimum atomic E-state index is -3.48. The summed E-state index contributed by atoms with van der Waals surface area (Å²) in [5.74, 6) is 0. The molecule has 2 fully saturated rings. The smallest absolute Gasteiger partial charge is 0.410 e. The summed E-state index contributed by atoms with van der Waals surface area (Å²) in [6.45, 7) is 18.5. The monoisotopic (exact) mass is 736 g/mol. The topological polar surface area (TPSA) is 179 Å². The van der Waals surface area contributed by atoms with Gasteiger partial charge in [0.05, 0.1) is 32.4 Å². The van der Waals surface area contributed by atoms with Gasteiger partial charge in [-0.3, -0.25) is 0 Å². The van der Waals surface area contributed by atoms with Crippen molar-refractivity contribution in [1.29, 1.82) is 0 Å². The van der Waals surface area contributed by atoms with Crippen molar-refractivity contribution in [3.05, 3.63) is 47.5 Å². The van der Waals surface area contributed by atoms with Gasteiger partial charge in [-0.15, -0.1) is 0 Å². The van der Waals surface area contributed by atoms with Crippen LogP contribution in [0.1, 0.15) is 118 Å². The summed E-state index contributed by atoms with van der Waals surface area (Å²) < 4.78 is 62.0. The van der Waals surface area contributed by atoms with Crippen molar-refractivity contribution in [2.75, 3.05) is 24.6 Å². The first-order chi connectivity index (χ1) is 22.9. The normalized spacial score (nSPS) is 18.6. The van der Waals surface area contributed by atoms with Crippen molar-refractivity contribution < 1.29 is 35.9 Å². The Morgan fingerprint density at radius 2 is 0.980 bits per heavy atom. The molecule has 280 valence electrons. The Morgan fingerprint density at radius 3 is 1.26 bits per heavy atom. The molecular weight excluding hydrogens is 681 g/mol. The number of anilines is 2. The second kappa shape index (κ2) is 15.4. The molecule has 2 aromatic rings. The molecule has 2 aliphatic heterocycles. The molecule has 4 N–H and O–H groups in total. The summed E-state index contributed by atoms with van der Waals surface area (Å²) in [5.41, 5.74) is 12.7. The van der Waals surface area contributed by atoms with Gasteiger partial charge < -0.3 is 30.7 Å². The van der Waals surface area contributed by atoms with E-state index in [1.165, 1.54) is 0 Å². The largest absolute Gasteiger partial charge is 0.444 e. The van der Waals surface area contributed by atoms with Crippen LogP contribution in [-0.2, 0) is 29.1 Å². The van der Waals surface area contributed by atoms with Gasteiger partial charge in [0.25, 0.3) is 0 Å². The summed E-state index contributed by atoms with van der Waals surface area (Å²) in [7, 11) is -6.96. The number of nitrogen functional groups attached to an aromatic ring is 2. The highest BCUT2D eigenvalue weighted by Crippen LogP contribution is 2.40. The first-order valence-corrected chi connectivity index (χ1v) is 20.2. The van der Waals surface area contributed by atoms with E-state index in [4.69, 9.17) is 20.9 Å². The van der Waals surface area contributed by atoms with E-state index in [9.17, 15) is 26.4 Å². The fraction of sp³-hybridized carbons (Fsp3) is 0.611. The van der Waals surface area contributed by atoms with Crippen molar-refractivity contribution in [2.45, 2.75) is 138 Å². The van der Waals surface area contributed by atoms with Gasteiger partial charge in [0, 0.05) is 24.5 Å². The van der Waals surface area contributed by atoms with Crippen LogP contribution in [-0.4, -0.2) is 73.6 Å². The van der Waals surface area contributed by atoms with E-state index in [0.29, 0.717) is 48.4 Å². The van der Waals surface area contributed by atoms with Crippen LogP contribution >= 0.6 is 0 Å². The van der Waals surface area contributed by atoms with Crippen LogP contribution in [0.5, 0.6) is 0 Å². The molecular formula is C36H56N4O8S2. The van der Waals surface area contributed by atoms with E-state index in [1.54, 1.807) is 73.9 Å². The van der Waals surface area contributed by atoms with Crippen molar-refractivity contribution in [3.63, 3.8) is 0 Å². The van der Waals surface area contributed by atoms with E-state index >= 15 is 0 Å². The van der Waals surface area contributed by atoms with Gasteiger partial charge in [-0.1, -0.05) is 0 Å². The Bertz CT molecular complexity index is 1630. The summed E-state index contributed by atoms with van der Waals surface area (Å²) >= 11 is 0. The number of sulfone groups is 2. The van der Waals surface area contributed by atoms with Gasteiger partial charge in [-0.05, 0) is 142 Å². The Morgan fingerprint density at radius 1 is 0.660 bits per heavy atom. The zero-order valence-electron chi connectivity index (χ0n) is 31.1. The average Bonchev–Trinajstić information content (AvgIpc) is 3.66. The zero-order chi connectivity index (χ0) is 38.0.